The van der Waals surface area contributed by atoms with Gasteiger partial charge in [0.05, 0.1) is 5.39 Å². The van der Waals surface area contributed by atoms with Crippen molar-refractivity contribution in [1.82, 2.24) is 14.9 Å². The molecule has 0 aliphatic carbocycles. The molecule has 3 rings (SSSR count). The molecule has 0 radical (unpaired) electrons. The molecule has 1 aromatic carbocycles. The Morgan fingerprint density at radius 2 is 1.90 bits per heavy atom. The molecule has 9 heteroatoms. The third-order valence-corrected chi connectivity index (χ3v) is 5.78. The summed E-state index contributed by atoms with van der Waals surface area (Å²) in [5.41, 5.74) is 1.40. The predicted octanol–water partition coefficient (Wildman–Crippen LogP) is 2.64. The van der Waals surface area contributed by atoms with E-state index in [0.29, 0.717) is 33.9 Å². The van der Waals surface area contributed by atoms with Crippen LogP contribution >= 0.6 is 11.3 Å². The number of nitrogens with one attached hydrogen (secondary N) is 2. The van der Waals surface area contributed by atoms with Gasteiger partial charge < -0.3 is 19.9 Å². The smallest absolute Gasteiger partial charge is 0.259 e. The Hall–Kier alpha value is -3.20. The Balaban J connectivity index is 1.55. The zero-order valence-electron chi connectivity index (χ0n) is 17.4. The number of aryl methyl sites for hydroxylation is 3. The van der Waals surface area contributed by atoms with Crippen LogP contribution in [0.3, 0.4) is 0 Å². The van der Waals surface area contributed by atoms with Crippen LogP contribution in [0.5, 0.6) is 5.75 Å². The molecule has 0 spiro atoms. The minimum absolute atomic E-state index is 0.0441. The Labute approximate surface area is 177 Å². The SMILES string of the molecule is Cc1sc2nc(CCC(=O)Nc3ccc(OCC(=O)N(C)C)cc3)[nH]c(=O)c2c1C. The van der Waals surface area contributed by atoms with Gasteiger partial charge in [-0.05, 0) is 43.7 Å². The molecule has 0 fully saturated rings. The second kappa shape index (κ2) is 9.08. The molecule has 0 saturated carbocycles. The molecule has 0 aliphatic rings. The highest BCUT2D eigenvalue weighted by Gasteiger charge is 2.13. The number of ether oxygens (including phenoxy) is 1. The topological polar surface area (TPSA) is 104 Å². The number of nitrogens with zero attached hydrogens (tertiary/aromatic N) is 2. The lowest BCUT2D eigenvalue weighted by Crippen LogP contribution is -2.27. The van der Waals surface area contributed by atoms with Crippen molar-refractivity contribution in [2.24, 2.45) is 0 Å². The van der Waals surface area contributed by atoms with Gasteiger partial charge in [0, 0.05) is 37.5 Å². The van der Waals surface area contributed by atoms with Gasteiger partial charge in [0.2, 0.25) is 5.91 Å². The van der Waals surface area contributed by atoms with Crippen molar-refractivity contribution >= 4 is 39.1 Å². The van der Waals surface area contributed by atoms with Crippen molar-refractivity contribution < 1.29 is 14.3 Å². The second-order valence-electron chi connectivity index (χ2n) is 7.13. The number of aromatic nitrogens is 2. The number of benzene rings is 1. The van der Waals surface area contributed by atoms with Crippen molar-refractivity contribution in [1.29, 1.82) is 0 Å². The van der Waals surface area contributed by atoms with Gasteiger partial charge in [-0.1, -0.05) is 0 Å². The van der Waals surface area contributed by atoms with Gasteiger partial charge >= 0.3 is 0 Å². The monoisotopic (exact) mass is 428 g/mol. The molecule has 0 bridgehead atoms. The van der Waals surface area contributed by atoms with Crippen molar-refractivity contribution in [3.63, 3.8) is 0 Å². The van der Waals surface area contributed by atoms with Crippen molar-refractivity contribution in [2.45, 2.75) is 26.7 Å². The average Bonchev–Trinajstić information content (AvgIpc) is 2.99. The van der Waals surface area contributed by atoms with Crippen LogP contribution < -0.4 is 15.6 Å². The van der Waals surface area contributed by atoms with Crippen LogP contribution in [0.15, 0.2) is 29.1 Å². The first-order valence-corrected chi connectivity index (χ1v) is 10.3. The minimum atomic E-state index is -0.187. The highest BCUT2D eigenvalue weighted by molar-refractivity contribution is 7.18. The van der Waals surface area contributed by atoms with E-state index in [2.05, 4.69) is 15.3 Å². The largest absolute Gasteiger partial charge is 0.484 e. The minimum Gasteiger partial charge on any atom is -0.484 e. The summed E-state index contributed by atoms with van der Waals surface area (Å²) < 4.78 is 5.41. The lowest BCUT2D eigenvalue weighted by atomic mass is 10.2. The number of carbonyl (C=O) groups is 2. The Bertz CT molecular complexity index is 1130. The normalized spacial score (nSPS) is 10.8. The van der Waals surface area contributed by atoms with Crippen molar-refractivity contribution in [2.75, 3.05) is 26.0 Å². The zero-order chi connectivity index (χ0) is 21.8. The van der Waals surface area contributed by atoms with Crippen LogP contribution in [0.4, 0.5) is 5.69 Å². The highest BCUT2D eigenvalue weighted by atomic mass is 32.1. The number of rotatable bonds is 7. The molecule has 2 aromatic heterocycles. The summed E-state index contributed by atoms with van der Waals surface area (Å²) >= 11 is 1.49. The van der Waals surface area contributed by atoms with Crippen LogP contribution in [0.25, 0.3) is 10.2 Å². The number of hydrogen-bond acceptors (Lipinski definition) is 6. The van der Waals surface area contributed by atoms with E-state index in [1.807, 2.05) is 13.8 Å². The first-order chi connectivity index (χ1) is 14.2. The van der Waals surface area contributed by atoms with Crippen LogP contribution in [-0.2, 0) is 16.0 Å². The van der Waals surface area contributed by atoms with E-state index < -0.39 is 0 Å². The number of hydrogen-bond donors (Lipinski definition) is 2. The van der Waals surface area contributed by atoms with E-state index in [1.165, 1.54) is 16.2 Å². The van der Waals surface area contributed by atoms with Gasteiger partial charge in [0.15, 0.2) is 6.61 Å². The molecule has 158 valence electrons. The number of likely N-dealkylation sites (N-methyl/N-ethyl adjacent to an activating group) is 1. The number of aromatic amines is 1. The van der Waals surface area contributed by atoms with Gasteiger partial charge in [-0.25, -0.2) is 4.98 Å². The fraction of sp³-hybridized carbons (Fsp3) is 0.333. The van der Waals surface area contributed by atoms with Crippen LogP contribution in [0.1, 0.15) is 22.7 Å². The van der Waals surface area contributed by atoms with Gasteiger partial charge in [-0.3, -0.25) is 14.4 Å². The third kappa shape index (κ3) is 5.04. The van der Waals surface area contributed by atoms with Crippen LogP contribution in [0, 0.1) is 13.8 Å². The Morgan fingerprint density at radius 1 is 1.20 bits per heavy atom. The summed E-state index contributed by atoms with van der Waals surface area (Å²) in [5.74, 6) is 0.718. The molecule has 3 aromatic rings. The fourth-order valence-corrected chi connectivity index (χ4v) is 3.83. The molecular weight excluding hydrogens is 404 g/mol. The summed E-state index contributed by atoms with van der Waals surface area (Å²) in [6, 6.07) is 6.79. The van der Waals surface area contributed by atoms with Gasteiger partial charge in [0.25, 0.3) is 11.5 Å². The lowest BCUT2D eigenvalue weighted by Gasteiger charge is -2.11. The molecule has 2 N–H and O–H groups in total. The van der Waals surface area contributed by atoms with Crippen molar-refractivity contribution in [3.8, 4) is 5.75 Å². The second-order valence-corrected chi connectivity index (χ2v) is 8.33. The number of amides is 2. The third-order valence-electron chi connectivity index (χ3n) is 4.68. The summed E-state index contributed by atoms with van der Waals surface area (Å²) in [7, 11) is 3.33. The fourth-order valence-electron chi connectivity index (χ4n) is 2.78. The summed E-state index contributed by atoms with van der Waals surface area (Å²) in [6.45, 7) is 3.83. The Kier molecular flexibility index (Phi) is 6.51. The standard InChI is InChI=1S/C21H24N4O4S/c1-12-13(2)30-21-19(12)20(28)23-16(24-21)9-10-17(26)22-14-5-7-15(8-6-14)29-11-18(27)25(3)4/h5-8H,9-11H2,1-4H3,(H,22,26)(H,23,24,28). The van der Waals surface area contributed by atoms with E-state index in [-0.39, 0.29) is 30.4 Å². The van der Waals surface area contributed by atoms with Gasteiger partial charge in [-0.2, -0.15) is 0 Å². The number of carbonyl (C=O) groups excluding carboxylic acids is 2. The maximum absolute atomic E-state index is 12.3. The van der Waals surface area contributed by atoms with E-state index in [9.17, 15) is 14.4 Å². The van der Waals surface area contributed by atoms with E-state index >= 15 is 0 Å². The Morgan fingerprint density at radius 3 is 2.57 bits per heavy atom. The first kappa shape index (κ1) is 21.5. The van der Waals surface area contributed by atoms with E-state index in [0.717, 1.165) is 10.4 Å². The average molecular weight is 429 g/mol. The predicted molar refractivity (Wildman–Crippen MR) is 117 cm³/mol. The molecule has 8 nitrogen and oxygen atoms in total. The zero-order valence-corrected chi connectivity index (χ0v) is 18.2. The summed E-state index contributed by atoms with van der Waals surface area (Å²) in [6.07, 6.45) is 0.522. The molecule has 2 amide bonds. The molecule has 0 aliphatic heterocycles. The number of H-pyrrole nitrogens is 1. The van der Waals surface area contributed by atoms with E-state index in [1.54, 1.807) is 38.4 Å². The molecule has 0 saturated heterocycles. The summed E-state index contributed by atoms with van der Waals surface area (Å²) in [5, 5.41) is 3.43. The molecule has 0 atom stereocenters. The van der Waals surface area contributed by atoms with Crippen molar-refractivity contribution in [3.05, 3.63) is 50.9 Å². The van der Waals surface area contributed by atoms with E-state index in [4.69, 9.17) is 4.74 Å². The number of thiophene rings is 1. The van der Waals surface area contributed by atoms with Gasteiger partial charge in [0.1, 0.15) is 16.4 Å². The highest BCUT2D eigenvalue weighted by Crippen LogP contribution is 2.25. The number of fused-ring (bicyclic) bond motifs is 1. The summed E-state index contributed by atoms with van der Waals surface area (Å²) in [4.78, 5) is 46.6. The van der Waals surface area contributed by atoms with Crippen LogP contribution in [-0.4, -0.2) is 47.4 Å². The van der Waals surface area contributed by atoms with Gasteiger partial charge in [-0.15, -0.1) is 11.3 Å². The first-order valence-electron chi connectivity index (χ1n) is 9.46. The molecule has 2 heterocycles. The molecule has 30 heavy (non-hydrogen) atoms. The quantitative estimate of drug-likeness (QED) is 0.602. The molecular formula is C21H24N4O4S. The maximum atomic E-state index is 12.3. The lowest BCUT2D eigenvalue weighted by molar-refractivity contribution is -0.130. The number of anilines is 1. The molecule has 0 unspecified atom stereocenters. The van der Waals surface area contributed by atoms with Crippen LogP contribution in [0.2, 0.25) is 0 Å². The maximum Gasteiger partial charge on any atom is 0.259 e.